The van der Waals surface area contributed by atoms with Crippen LogP contribution in [0.15, 0.2) is 48.7 Å². The van der Waals surface area contributed by atoms with E-state index in [1.165, 1.54) is 0 Å². The van der Waals surface area contributed by atoms with Gasteiger partial charge in [0.1, 0.15) is 5.15 Å². The molecule has 0 radical (unpaired) electrons. The topological polar surface area (TPSA) is 12.9 Å². The fourth-order valence-electron chi connectivity index (χ4n) is 1.12. The molecule has 1 aromatic heterocycles. The number of benzene rings is 1. The lowest BCUT2D eigenvalue weighted by Crippen LogP contribution is -1.78. The lowest BCUT2D eigenvalue weighted by Gasteiger charge is -1.90. The summed E-state index contributed by atoms with van der Waals surface area (Å²) in [7, 11) is 0. The van der Waals surface area contributed by atoms with Crippen molar-refractivity contribution in [3.05, 3.63) is 64.9 Å². The van der Waals surface area contributed by atoms with Crippen molar-refractivity contribution in [3.63, 3.8) is 0 Å². The Morgan fingerprint density at radius 3 is 2.27 bits per heavy atom. The molecule has 0 N–H and O–H groups in total. The zero-order chi connectivity index (χ0) is 10.5. The molecule has 0 aliphatic carbocycles. The summed E-state index contributed by atoms with van der Waals surface area (Å²) in [5, 5.41) is 0.486. The quantitative estimate of drug-likeness (QED) is 0.484. The molecule has 0 atom stereocenters. The van der Waals surface area contributed by atoms with Crippen LogP contribution in [-0.2, 0) is 0 Å². The van der Waals surface area contributed by atoms with Crippen LogP contribution in [0.5, 0.6) is 0 Å². The molecule has 0 bridgehead atoms. The molecule has 1 heterocycles. The van der Waals surface area contributed by atoms with Crippen LogP contribution in [0.3, 0.4) is 0 Å². The van der Waals surface area contributed by atoms with Gasteiger partial charge in [-0.2, -0.15) is 0 Å². The van der Waals surface area contributed by atoms with Gasteiger partial charge in [0.15, 0.2) is 0 Å². The summed E-state index contributed by atoms with van der Waals surface area (Å²) in [5.41, 5.74) is 1.86. The van der Waals surface area contributed by atoms with Crippen molar-refractivity contribution in [1.29, 1.82) is 0 Å². The molecule has 0 saturated heterocycles. The van der Waals surface area contributed by atoms with E-state index in [1.807, 2.05) is 36.4 Å². The van der Waals surface area contributed by atoms with Crippen molar-refractivity contribution in [2.45, 2.75) is 0 Å². The summed E-state index contributed by atoms with van der Waals surface area (Å²) in [4.78, 5) is 3.95. The van der Waals surface area contributed by atoms with Crippen molar-refractivity contribution in [3.8, 4) is 11.8 Å². The Morgan fingerprint density at radius 2 is 1.60 bits per heavy atom. The number of rotatable bonds is 0. The van der Waals surface area contributed by atoms with Crippen LogP contribution in [0, 0.1) is 11.8 Å². The minimum Gasteiger partial charge on any atom is -0.243 e. The van der Waals surface area contributed by atoms with Crippen molar-refractivity contribution in [2.75, 3.05) is 0 Å². The summed E-state index contributed by atoms with van der Waals surface area (Å²) in [5.74, 6) is 6.06. The van der Waals surface area contributed by atoms with Crippen molar-refractivity contribution < 1.29 is 0 Å². The van der Waals surface area contributed by atoms with Gasteiger partial charge in [-0.25, -0.2) is 4.98 Å². The van der Waals surface area contributed by atoms with E-state index in [1.54, 1.807) is 12.3 Å². The molecule has 1 nitrogen and oxygen atoms in total. The Kier molecular flexibility index (Phi) is 3.02. The highest BCUT2D eigenvalue weighted by atomic mass is 35.5. The van der Waals surface area contributed by atoms with E-state index in [-0.39, 0.29) is 0 Å². The van der Waals surface area contributed by atoms with Gasteiger partial charge in [0.25, 0.3) is 0 Å². The third kappa shape index (κ3) is 2.83. The number of hydrogen-bond acceptors (Lipinski definition) is 1. The summed E-state index contributed by atoms with van der Waals surface area (Å²) in [6.45, 7) is 0. The minimum atomic E-state index is 0.486. The first kappa shape index (κ1) is 9.76. The van der Waals surface area contributed by atoms with E-state index in [0.717, 1.165) is 11.1 Å². The number of nitrogens with zero attached hydrogens (tertiary/aromatic N) is 1. The van der Waals surface area contributed by atoms with Crippen LogP contribution in [0.1, 0.15) is 11.1 Å². The van der Waals surface area contributed by atoms with Gasteiger partial charge in [0.05, 0.1) is 0 Å². The average molecular weight is 214 g/mol. The molecule has 72 valence electrons. The third-order valence-electron chi connectivity index (χ3n) is 1.85. The molecule has 2 heteroatoms. The van der Waals surface area contributed by atoms with E-state index >= 15 is 0 Å². The predicted octanol–water partition coefficient (Wildman–Crippen LogP) is 3.13. The molecular weight excluding hydrogens is 206 g/mol. The van der Waals surface area contributed by atoms with Crippen molar-refractivity contribution in [2.24, 2.45) is 0 Å². The molecule has 2 aromatic rings. The van der Waals surface area contributed by atoms with Gasteiger partial charge in [-0.1, -0.05) is 41.6 Å². The summed E-state index contributed by atoms with van der Waals surface area (Å²) < 4.78 is 0. The summed E-state index contributed by atoms with van der Waals surface area (Å²) in [6.07, 6.45) is 1.66. The van der Waals surface area contributed by atoms with Gasteiger partial charge >= 0.3 is 0 Å². The van der Waals surface area contributed by atoms with Gasteiger partial charge < -0.3 is 0 Å². The monoisotopic (exact) mass is 213 g/mol. The standard InChI is InChI=1S/C13H8ClN/c14-13-9-8-12(10-15-13)7-6-11-4-2-1-3-5-11/h1-5,8-10H. The van der Waals surface area contributed by atoms with Crippen LogP contribution >= 0.6 is 11.6 Å². The maximum atomic E-state index is 5.67. The first-order valence-electron chi connectivity index (χ1n) is 4.53. The smallest absolute Gasteiger partial charge is 0.129 e. The molecule has 0 fully saturated rings. The SMILES string of the molecule is Clc1ccc(C#Cc2ccccc2)cn1. The van der Waals surface area contributed by atoms with Crippen molar-refractivity contribution in [1.82, 2.24) is 4.98 Å². The van der Waals surface area contributed by atoms with Crippen LogP contribution in [0.2, 0.25) is 5.15 Å². The van der Waals surface area contributed by atoms with Crippen LogP contribution < -0.4 is 0 Å². The van der Waals surface area contributed by atoms with E-state index in [0.29, 0.717) is 5.15 Å². The predicted molar refractivity (Wildman–Crippen MR) is 61.7 cm³/mol. The second-order valence-electron chi connectivity index (χ2n) is 2.99. The lowest BCUT2D eigenvalue weighted by molar-refractivity contribution is 1.31. The molecule has 0 aliphatic rings. The van der Waals surface area contributed by atoms with Gasteiger partial charge in [-0.3, -0.25) is 0 Å². The molecule has 0 aliphatic heterocycles. The molecule has 0 unspecified atom stereocenters. The fourth-order valence-corrected chi connectivity index (χ4v) is 1.23. The Hall–Kier alpha value is -1.78. The Morgan fingerprint density at radius 1 is 0.867 bits per heavy atom. The zero-order valence-electron chi connectivity index (χ0n) is 7.94. The van der Waals surface area contributed by atoms with Crippen LogP contribution in [-0.4, -0.2) is 4.98 Å². The van der Waals surface area contributed by atoms with Crippen LogP contribution in [0.25, 0.3) is 0 Å². The Labute approximate surface area is 93.7 Å². The summed E-state index contributed by atoms with van der Waals surface area (Å²) >= 11 is 5.67. The van der Waals surface area contributed by atoms with Gasteiger partial charge in [0, 0.05) is 17.3 Å². The number of pyridine rings is 1. The fraction of sp³-hybridized carbons (Fsp3) is 0. The highest BCUT2D eigenvalue weighted by Gasteiger charge is 1.88. The van der Waals surface area contributed by atoms with E-state index in [2.05, 4.69) is 16.8 Å². The maximum absolute atomic E-state index is 5.67. The van der Waals surface area contributed by atoms with E-state index in [4.69, 9.17) is 11.6 Å². The number of halogens is 1. The molecule has 0 saturated carbocycles. The van der Waals surface area contributed by atoms with E-state index < -0.39 is 0 Å². The first-order valence-corrected chi connectivity index (χ1v) is 4.91. The van der Waals surface area contributed by atoms with Gasteiger partial charge in [0.2, 0.25) is 0 Å². The molecule has 2 rings (SSSR count). The Bertz CT molecular complexity index is 492. The second-order valence-corrected chi connectivity index (χ2v) is 3.37. The van der Waals surface area contributed by atoms with Crippen molar-refractivity contribution >= 4 is 11.6 Å². The number of hydrogen-bond donors (Lipinski definition) is 0. The van der Waals surface area contributed by atoms with Crippen LogP contribution in [0.4, 0.5) is 0 Å². The highest BCUT2D eigenvalue weighted by Crippen LogP contribution is 2.04. The van der Waals surface area contributed by atoms with E-state index in [9.17, 15) is 0 Å². The molecule has 0 spiro atoms. The minimum absolute atomic E-state index is 0.486. The molecular formula is C13H8ClN. The number of aromatic nitrogens is 1. The van der Waals surface area contributed by atoms with Gasteiger partial charge in [-0.05, 0) is 24.3 Å². The molecule has 1 aromatic carbocycles. The third-order valence-corrected chi connectivity index (χ3v) is 2.08. The second kappa shape index (κ2) is 4.63. The maximum Gasteiger partial charge on any atom is 0.129 e. The summed E-state index contributed by atoms with van der Waals surface area (Å²) in [6, 6.07) is 13.4. The zero-order valence-corrected chi connectivity index (χ0v) is 8.70. The molecule has 15 heavy (non-hydrogen) atoms. The normalized spacial score (nSPS) is 9.13. The molecule has 0 amide bonds. The lowest BCUT2D eigenvalue weighted by atomic mass is 10.2. The first-order chi connectivity index (χ1) is 7.34. The van der Waals surface area contributed by atoms with Gasteiger partial charge in [-0.15, -0.1) is 0 Å². The largest absolute Gasteiger partial charge is 0.243 e. The average Bonchev–Trinajstić information content (AvgIpc) is 2.30. The highest BCUT2D eigenvalue weighted by molar-refractivity contribution is 6.29. The Balaban J connectivity index is 2.22.